The van der Waals surface area contributed by atoms with Crippen molar-refractivity contribution >= 4 is 80.9 Å². The molecule has 290 valence electrons. The minimum atomic E-state index is 1.11. The second kappa shape index (κ2) is 15.0. The van der Waals surface area contributed by atoms with Crippen molar-refractivity contribution in [3.05, 3.63) is 237 Å². The lowest BCUT2D eigenvalue weighted by Gasteiger charge is -2.28. The minimum absolute atomic E-state index is 1.11. The summed E-state index contributed by atoms with van der Waals surface area (Å²) in [5.41, 5.74) is 13.1. The predicted octanol–water partition coefficient (Wildman–Crippen LogP) is 17.7. The number of thiophene rings is 1. The molecule has 62 heavy (non-hydrogen) atoms. The Kier molecular flexibility index (Phi) is 8.76. The molecule has 0 unspecified atom stereocenters. The molecule has 0 saturated carbocycles. The average Bonchev–Trinajstić information content (AvgIpc) is 3.74. The third-order valence-electron chi connectivity index (χ3n) is 12.4. The van der Waals surface area contributed by atoms with Crippen LogP contribution in [0, 0.1) is 0 Å². The summed E-state index contributed by atoms with van der Waals surface area (Å²) in [5.74, 6) is 0. The second-order valence-corrected chi connectivity index (χ2v) is 17.0. The van der Waals surface area contributed by atoms with E-state index in [0.717, 1.165) is 16.9 Å². The van der Waals surface area contributed by atoms with Crippen LogP contribution < -0.4 is 4.90 Å². The Bertz CT molecular complexity index is 3630. The third kappa shape index (κ3) is 5.99. The van der Waals surface area contributed by atoms with E-state index in [4.69, 9.17) is 0 Å². The molecule has 11 aromatic carbocycles. The maximum Gasteiger partial charge on any atom is 0.0640 e. The summed E-state index contributed by atoms with van der Waals surface area (Å²) in [6.45, 7) is 0. The Hall–Kier alpha value is -7.78. The Morgan fingerprint density at radius 1 is 0.274 bits per heavy atom. The topological polar surface area (TPSA) is 3.24 Å². The van der Waals surface area contributed by atoms with Gasteiger partial charge in [0.15, 0.2) is 0 Å². The molecule has 0 spiro atoms. The summed E-state index contributed by atoms with van der Waals surface area (Å²) < 4.78 is 2.56. The zero-order chi connectivity index (χ0) is 41.0. The Morgan fingerprint density at radius 3 is 1.55 bits per heavy atom. The van der Waals surface area contributed by atoms with Crippen LogP contribution in [0.3, 0.4) is 0 Å². The first-order valence-electron chi connectivity index (χ1n) is 21.3. The number of nitrogens with zero attached hydrogens (tertiary/aromatic N) is 1. The van der Waals surface area contributed by atoms with E-state index in [1.54, 1.807) is 0 Å². The number of hydrogen-bond acceptors (Lipinski definition) is 2. The van der Waals surface area contributed by atoms with Gasteiger partial charge in [-0.2, -0.15) is 0 Å². The summed E-state index contributed by atoms with van der Waals surface area (Å²) in [7, 11) is 0. The Balaban J connectivity index is 1.11. The smallest absolute Gasteiger partial charge is 0.0640 e. The van der Waals surface area contributed by atoms with Gasteiger partial charge in [-0.05, 0) is 108 Å². The van der Waals surface area contributed by atoms with Crippen LogP contribution in [-0.2, 0) is 0 Å². The Morgan fingerprint density at radius 2 is 0.806 bits per heavy atom. The highest BCUT2D eigenvalue weighted by atomic mass is 32.1. The number of fused-ring (bicyclic) bond motifs is 7. The van der Waals surface area contributed by atoms with Gasteiger partial charge in [0.1, 0.15) is 0 Å². The lowest BCUT2D eigenvalue weighted by Crippen LogP contribution is -2.11. The van der Waals surface area contributed by atoms with Crippen LogP contribution in [0.25, 0.3) is 97.0 Å². The molecule has 12 rings (SSSR count). The van der Waals surface area contributed by atoms with Crippen molar-refractivity contribution in [3.63, 3.8) is 0 Å². The number of rotatable bonds is 7. The van der Waals surface area contributed by atoms with Crippen molar-refractivity contribution in [2.45, 2.75) is 0 Å². The molecule has 1 nitrogen and oxygen atoms in total. The molecule has 0 bridgehead atoms. The van der Waals surface area contributed by atoms with E-state index in [2.05, 4.69) is 241 Å². The molecule has 0 aliphatic heterocycles. The highest BCUT2D eigenvalue weighted by Crippen LogP contribution is 2.49. The van der Waals surface area contributed by atoms with Crippen molar-refractivity contribution in [1.29, 1.82) is 0 Å². The molecule has 2 heteroatoms. The van der Waals surface area contributed by atoms with E-state index < -0.39 is 0 Å². The first kappa shape index (κ1) is 36.1. The largest absolute Gasteiger partial charge is 0.308 e. The van der Waals surface area contributed by atoms with Gasteiger partial charge >= 0.3 is 0 Å². The van der Waals surface area contributed by atoms with Crippen LogP contribution in [-0.4, -0.2) is 0 Å². The molecule has 0 radical (unpaired) electrons. The van der Waals surface area contributed by atoms with Gasteiger partial charge in [0.2, 0.25) is 0 Å². The number of benzene rings is 11. The lowest BCUT2D eigenvalue weighted by atomic mass is 9.84. The zero-order valence-electron chi connectivity index (χ0n) is 33.9. The first-order valence-corrected chi connectivity index (χ1v) is 22.1. The maximum absolute atomic E-state index is 2.50. The molecular formula is C60H39NS. The van der Waals surface area contributed by atoms with Gasteiger partial charge in [-0.3, -0.25) is 0 Å². The molecule has 0 amide bonds. The third-order valence-corrected chi connectivity index (χ3v) is 13.6. The van der Waals surface area contributed by atoms with Gasteiger partial charge in [-0.1, -0.05) is 200 Å². The molecule has 0 aliphatic carbocycles. The van der Waals surface area contributed by atoms with E-state index in [0.29, 0.717) is 0 Å². The van der Waals surface area contributed by atoms with Crippen LogP contribution in [0.5, 0.6) is 0 Å². The van der Waals surface area contributed by atoms with E-state index in [-0.39, 0.29) is 0 Å². The molecule has 0 atom stereocenters. The summed E-state index contributed by atoms with van der Waals surface area (Å²) in [5, 5.41) is 10.0. The summed E-state index contributed by atoms with van der Waals surface area (Å²) in [6, 6.07) is 86.7. The molecular weight excluding hydrogens is 767 g/mol. The van der Waals surface area contributed by atoms with E-state index in [1.807, 2.05) is 11.3 Å². The standard InChI is InChI=1S/C60H39NS/c1-4-18-40(19-5-1)46-36-37-55(50-28-12-10-26-47(46)50)61(56-32-17-31-53-51-29-14-15-33-57(51)62-60(53)56)45-25-16-24-43(38-45)44-34-35-49-48-27-11-13-30-52(48)58(41-20-6-2-7-21-41)59(54(49)39-44)42-22-8-3-9-23-42/h1-39H. The maximum atomic E-state index is 2.50. The molecule has 1 aromatic heterocycles. The number of hydrogen-bond donors (Lipinski definition) is 0. The summed E-state index contributed by atoms with van der Waals surface area (Å²) >= 11 is 1.87. The van der Waals surface area contributed by atoms with Crippen LogP contribution >= 0.6 is 11.3 Å². The molecule has 0 N–H and O–H groups in total. The van der Waals surface area contributed by atoms with Crippen LogP contribution in [0.2, 0.25) is 0 Å². The summed E-state index contributed by atoms with van der Waals surface area (Å²) in [4.78, 5) is 2.50. The Labute approximate surface area is 365 Å². The average molecular weight is 806 g/mol. The first-order chi connectivity index (χ1) is 30.8. The normalized spacial score (nSPS) is 11.5. The second-order valence-electron chi connectivity index (χ2n) is 16.0. The van der Waals surface area contributed by atoms with Crippen LogP contribution in [0.1, 0.15) is 0 Å². The molecule has 0 fully saturated rings. The van der Waals surface area contributed by atoms with Gasteiger partial charge in [0, 0.05) is 26.5 Å². The quantitative estimate of drug-likeness (QED) is 0.145. The van der Waals surface area contributed by atoms with Gasteiger partial charge in [0.05, 0.1) is 16.1 Å². The fourth-order valence-electron chi connectivity index (χ4n) is 9.67. The van der Waals surface area contributed by atoms with Gasteiger partial charge < -0.3 is 4.90 Å². The van der Waals surface area contributed by atoms with Gasteiger partial charge in [0.25, 0.3) is 0 Å². The fourth-order valence-corrected chi connectivity index (χ4v) is 10.9. The van der Waals surface area contributed by atoms with Crippen LogP contribution in [0.15, 0.2) is 237 Å². The van der Waals surface area contributed by atoms with Crippen LogP contribution in [0.4, 0.5) is 17.1 Å². The van der Waals surface area contributed by atoms with Crippen molar-refractivity contribution in [3.8, 4) is 44.5 Å². The molecule has 1 heterocycles. The van der Waals surface area contributed by atoms with Crippen molar-refractivity contribution in [1.82, 2.24) is 0 Å². The zero-order valence-corrected chi connectivity index (χ0v) is 34.7. The lowest BCUT2D eigenvalue weighted by molar-refractivity contribution is 1.32. The molecule has 12 aromatic rings. The predicted molar refractivity (Wildman–Crippen MR) is 268 cm³/mol. The van der Waals surface area contributed by atoms with Crippen molar-refractivity contribution in [2.75, 3.05) is 4.90 Å². The van der Waals surface area contributed by atoms with Gasteiger partial charge in [-0.15, -0.1) is 11.3 Å². The fraction of sp³-hybridized carbons (Fsp3) is 0. The van der Waals surface area contributed by atoms with Gasteiger partial charge in [-0.25, -0.2) is 0 Å². The van der Waals surface area contributed by atoms with Crippen molar-refractivity contribution < 1.29 is 0 Å². The monoisotopic (exact) mass is 805 g/mol. The van der Waals surface area contributed by atoms with Crippen molar-refractivity contribution in [2.24, 2.45) is 0 Å². The molecule has 0 saturated heterocycles. The van der Waals surface area contributed by atoms with E-state index in [1.165, 1.54) is 97.1 Å². The molecule has 0 aliphatic rings. The van der Waals surface area contributed by atoms with E-state index >= 15 is 0 Å². The number of anilines is 3. The minimum Gasteiger partial charge on any atom is -0.308 e. The highest BCUT2D eigenvalue weighted by molar-refractivity contribution is 7.26. The SMILES string of the molecule is c1ccc(-c2ccc(N(c3cccc(-c4ccc5c(c4)c(-c4ccccc4)c(-c4ccccc4)c4ccccc45)c3)c3cccc4c3sc3ccccc34)c3ccccc23)cc1. The van der Waals surface area contributed by atoms with E-state index in [9.17, 15) is 0 Å². The summed E-state index contributed by atoms with van der Waals surface area (Å²) in [6.07, 6.45) is 0. The highest BCUT2D eigenvalue weighted by Gasteiger charge is 2.22.